The first kappa shape index (κ1) is 12.6. The molecule has 0 aliphatic heterocycles. The van der Waals surface area contributed by atoms with Crippen LogP contribution in [-0.4, -0.2) is 0 Å². The largest absolute Gasteiger partial charge is 0.464 e. The van der Waals surface area contributed by atoms with Crippen LogP contribution in [0.5, 0.6) is 0 Å². The summed E-state index contributed by atoms with van der Waals surface area (Å²) in [5.41, 5.74) is 3.24. The van der Waals surface area contributed by atoms with Crippen molar-refractivity contribution in [3.63, 3.8) is 0 Å². The number of anilines is 1. The summed E-state index contributed by atoms with van der Waals surface area (Å²) < 4.78 is 5.49. The molecule has 0 atom stereocenters. The number of para-hydroxylation sites is 1. The molecule has 0 aliphatic carbocycles. The van der Waals surface area contributed by atoms with Gasteiger partial charge < -0.3 is 9.73 Å². The lowest BCUT2D eigenvalue weighted by Crippen LogP contribution is -1.99. The minimum absolute atomic E-state index is 0.578. The molecular weight excluding hydrogens is 272 g/mol. The molecule has 0 spiro atoms. The van der Waals surface area contributed by atoms with Crippen LogP contribution in [0.4, 0.5) is 5.69 Å². The molecule has 3 nitrogen and oxygen atoms in total. The smallest absolute Gasteiger partial charge is 0.134 e. The van der Waals surface area contributed by atoms with Gasteiger partial charge in [-0.2, -0.15) is 5.26 Å². The Morgan fingerprint density at radius 3 is 2.90 bits per heavy atom. The van der Waals surface area contributed by atoms with Crippen molar-refractivity contribution in [1.82, 2.24) is 0 Å². The summed E-state index contributed by atoms with van der Waals surface area (Å²) in [5, 5.41) is 13.8. The average Bonchev–Trinajstić information content (AvgIpc) is 2.90. The van der Waals surface area contributed by atoms with E-state index in [0.717, 1.165) is 22.2 Å². The van der Waals surface area contributed by atoms with E-state index in [1.54, 1.807) is 24.5 Å². The summed E-state index contributed by atoms with van der Waals surface area (Å²) >= 11 is 6.12. The Kier molecular flexibility index (Phi) is 3.32. The van der Waals surface area contributed by atoms with E-state index in [4.69, 9.17) is 21.3 Å². The van der Waals surface area contributed by atoms with Gasteiger partial charge in [-0.25, -0.2) is 0 Å². The third-order valence-corrected chi connectivity index (χ3v) is 3.46. The van der Waals surface area contributed by atoms with Crippen molar-refractivity contribution in [2.24, 2.45) is 0 Å². The summed E-state index contributed by atoms with van der Waals surface area (Å²) in [6.07, 6.45) is 1.74. The molecule has 0 aliphatic rings. The maximum absolute atomic E-state index is 8.91. The number of nitriles is 1. The summed E-state index contributed by atoms with van der Waals surface area (Å²) in [6, 6.07) is 15.1. The van der Waals surface area contributed by atoms with E-state index >= 15 is 0 Å². The Morgan fingerprint density at radius 2 is 2.05 bits per heavy atom. The zero-order valence-corrected chi connectivity index (χ0v) is 11.3. The second kappa shape index (κ2) is 5.28. The van der Waals surface area contributed by atoms with E-state index < -0.39 is 0 Å². The Labute approximate surface area is 121 Å². The van der Waals surface area contributed by atoms with E-state index in [9.17, 15) is 0 Å². The van der Waals surface area contributed by atoms with Crippen LogP contribution in [0.15, 0.2) is 53.1 Å². The topological polar surface area (TPSA) is 49.0 Å². The van der Waals surface area contributed by atoms with Gasteiger partial charge in [-0.1, -0.05) is 29.8 Å². The fourth-order valence-corrected chi connectivity index (χ4v) is 2.27. The zero-order valence-electron chi connectivity index (χ0n) is 10.6. The molecule has 1 aromatic heterocycles. The Bertz CT molecular complexity index is 802. The number of benzene rings is 2. The van der Waals surface area contributed by atoms with Crippen LogP contribution < -0.4 is 5.32 Å². The summed E-state index contributed by atoms with van der Waals surface area (Å²) in [7, 11) is 0. The van der Waals surface area contributed by atoms with Crippen LogP contribution in [0, 0.1) is 11.3 Å². The zero-order chi connectivity index (χ0) is 13.9. The standard InChI is InChI=1S/C16H11ClN2O/c17-14-6-5-11(8-18)7-15(14)19-9-12-10-20-16-4-2-1-3-13(12)16/h1-7,10,19H,9H2. The third kappa shape index (κ3) is 2.34. The molecule has 0 radical (unpaired) electrons. The second-order valence-electron chi connectivity index (χ2n) is 4.42. The number of nitrogens with one attached hydrogen (secondary N) is 1. The van der Waals surface area contributed by atoms with Gasteiger partial charge in [-0.3, -0.25) is 0 Å². The quantitative estimate of drug-likeness (QED) is 0.765. The number of halogens is 1. The number of fused-ring (bicyclic) bond motifs is 1. The Hall–Kier alpha value is -2.44. The third-order valence-electron chi connectivity index (χ3n) is 3.13. The van der Waals surface area contributed by atoms with Gasteiger partial charge >= 0.3 is 0 Å². The minimum Gasteiger partial charge on any atom is -0.464 e. The Morgan fingerprint density at radius 1 is 1.20 bits per heavy atom. The van der Waals surface area contributed by atoms with Gasteiger partial charge in [0.2, 0.25) is 0 Å². The lowest BCUT2D eigenvalue weighted by Gasteiger charge is -2.07. The van der Waals surface area contributed by atoms with Crippen molar-refractivity contribution in [2.75, 3.05) is 5.32 Å². The van der Waals surface area contributed by atoms with Crippen LogP contribution in [0.25, 0.3) is 11.0 Å². The van der Waals surface area contributed by atoms with Gasteiger partial charge in [-0.15, -0.1) is 0 Å². The molecule has 1 N–H and O–H groups in total. The van der Waals surface area contributed by atoms with E-state index in [0.29, 0.717) is 17.1 Å². The first-order valence-electron chi connectivity index (χ1n) is 6.16. The van der Waals surface area contributed by atoms with E-state index in [1.165, 1.54) is 0 Å². The van der Waals surface area contributed by atoms with Crippen LogP contribution >= 0.6 is 11.6 Å². The molecule has 3 aromatic rings. The number of furan rings is 1. The van der Waals surface area contributed by atoms with Crippen molar-refractivity contribution in [3.8, 4) is 6.07 Å². The summed E-state index contributed by atoms with van der Waals surface area (Å²) in [5.74, 6) is 0. The van der Waals surface area contributed by atoms with Gasteiger partial charge in [0.25, 0.3) is 0 Å². The number of hydrogen-bond acceptors (Lipinski definition) is 3. The van der Waals surface area contributed by atoms with Crippen molar-refractivity contribution in [2.45, 2.75) is 6.54 Å². The molecule has 2 aromatic carbocycles. The summed E-state index contributed by atoms with van der Waals surface area (Å²) in [6.45, 7) is 0.589. The molecule has 0 unspecified atom stereocenters. The van der Waals surface area contributed by atoms with Crippen LogP contribution in [0.1, 0.15) is 11.1 Å². The van der Waals surface area contributed by atoms with Gasteiger partial charge in [0.15, 0.2) is 0 Å². The normalized spacial score (nSPS) is 10.4. The lowest BCUT2D eigenvalue weighted by atomic mass is 10.1. The summed E-state index contributed by atoms with van der Waals surface area (Å²) in [4.78, 5) is 0. The predicted molar refractivity (Wildman–Crippen MR) is 79.7 cm³/mol. The predicted octanol–water partition coefficient (Wildman–Crippen LogP) is 4.57. The number of rotatable bonds is 3. The molecule has 3 rings (SSSR count). The molecule has 98 valence electrons. The highest BCUT2D eigenvalue weighted by molar-refractivity contribution is 6.33. The average molecular weight is 283 g/mol. The number of nitrogens with zero attached hydrogens (tertiary/aromatic N) is 1. The maximum Gasteiger partial charge on any atom is 0.134 e. The van der Waals surface area contributed by atoms with Crippen LogP contribution in [-0.2, 0) is 6.54 Å². The van der Waals surface area contributed by atoms with Crippen molar-refractivity contribution in [1.29, 1.82) is 5.26 Å². The number of hydrogen-bond donors (Lipinski definition) is 1. The second-order valence-corrected chi connectivity index (χ2v) is 4.82. The van der Waals surface area contributed by atoms with Gasteiger partial charge in [0.05, 0.1) is 28.6 Å². The van der Waals surface area contributed by atoms with E-state index in [1.807, 2.05) is 24.3 Å². The SMILES string of the molecule is N#Cc1ccc(Cl)c(NCc2coc3ccccc23)c1. The molecule has 1 heterocycles. The van der Waals surface area contributed by atoms with Crippen molar-refractivity contribution >= 4 is 28.3 Å². The van der Waals surface area contributed by atoms with Gasteiger partial charge in [-0.05, 0) is 24.3 Å². The monoisotopic (exact) mass is 282 g/mol. The fraction of sp³-hybridized carbons (Fsp3) is 0.0625. The molecule has 0 saturated carbocycles. The van der Waals surface area contributed by atoms with Crippen LogP contribution in [0.3, 0.4) is 0 Å². The molecule has 0 saturated heterocycles. The molecular formula is C16H11ClN2O. The molecule has 0 bridgehead atoms. The molecule has 4 heteroatoms. The highest BCUT2D eigenvalue weighted by Crippen LogP contribution is 2.25. The van der Waals surface area contributed by atoms with Gasteiger partial charge in [0, 0.05) is 17.5 Å². The van der Waals surface area contributed by atoms with Gasteiger partial charge in [0.1, 0.15) is 5.58 Å². The molecule has 20 heavy (non-hydrogen) atoms. The first-order chi connectivity index (χ1) is 9.78. The highest BCUT2D eigenvalue weighted by Gasteiger charge is 2.06. The fourth-order valence-electron chi connectivity index (χ4n) is 2.09. The Balaban J connectivity index is 1.85. The first-order valence-corrected chi connectivity index (χ1v) is 6.54. The van der Waals surface area contributed by atoms with Crippen molar-refractivity contribution in [3.05, 3.63) is 64.9 Å². The van der Waals surface area contributed by atoms with Crippen LogP contribution in [0.2, 0.25) is 5.02 Å². The molecule has 0 fully saturated rings. The molecule has 0 amide bonds. The van der Waals surface area contributed by atoms with Crippen molar-refractivity contribution < 1.29 is 4.42 Å². The lowest BCUT2D eigenvalue weighted by molar-refractivity contribution is 0.611. The minimum atomic E-state index is 0.578. The highest BCUT2D eigenvalue weighted by atomic mass is 35.5. The van der Waals surface area contributed by atoms with E-state index in [-0.39, 0.29) is 0 Å². The maximum atomic E-state index is 8.91. The van der Waals surface area contributed by atoms with E-state index in [2.05, 4.69) is 11.4 Å².